The van der Waals surface area contributed by atoms with Gasteiger partial charge in [0, 0.05) is 10.9 Å². The van der Waals surface area contributed by atoms with Crippen LogP contribution in [0.1, 0.15) is 11.8 Å². The maximum absolute atomic E-state index is 12.1. The lowest BCUT2D eigenvalue weighted by atomic mass is 10.1. The Morgan fingerprint density at radius 2 is 1.96 bits per heavy atom. The van der Waals surface area contributed by atoms with Gasteiger partial charge in [0.1, 0.15) is 17.1 Å². The first-order valence-corrected chi connectivity index (χ1v) is 8.33. The Morgan fingerprint density at radius 1 is 1.20 bits per heavy atom. The fourth-order valence-corrected chi connectivity index (χ4v) is 2.88. The Labute approximate surface area is 149 Å². The Kier molecular flexibility index (Phi) is 6.00. The van der Waals surface area contributed by atoms with Crippen LogP contribution in [0.15, 0.2) is 35.7 Å². The summed E-state index contributed by atoms with van der Waals surface area (Å²) in [5, 5.41) is 17.1. The molecule has 0 aliphatic rings. The lowest BCUT2D eigenvalue weighted by molar-refractivity contribution is -0.136. The number of ether oxygens (including phenoxy) is 2. The van der Waals surface area contributed by atoms with Gasteiger partial charge >= 0.3 is 11.8 Å². The first-order valence-electron chi connectivity index (χ1n) is 7.45. The van der Waals surface area contributed by atoms with E-state index < -0.39 is 17.4 Å². The van der Waals surface area contributed by atoms with Crippen molar-refractivity contribution in [1.29, 1.82) is 0 Å². The molecular weight excluding hydrogens is 344 g/mol. The van der Waals surface area contributed by atoms with E-state index in [1.807, 2.05) is 5.38 Å². The topological polar surface area (TPSA) is 96.9 Å². The second-order valence-electron chi connectivity index (χ2n) is 5.45. The van der Waals surface area contributed by atoms with Crippen molar-refractivity contribution in [2.45, 2.75) is 12.5 Å². The number of aliphatic hydroxyl groups is 1. The number of methoxy groups -OCH3 is 2. The molecule has 1 aromatic carbocycles. The van der Waals surface area contributed by atoms with Crippen LogP contribution in [0.4, 0.5) is 5.69 Å². The lowest BCUT2D eigenvalue weighted by Crippen LogP contribution is -2.43. The summed E-state index contributed by atoms with van der Waals surface area (Å²) in [5.41, 5.74) is -0.940. The highest BCUT2D eigenvalue weighted by Gasteiger charge is 2.26. The predicted molar refractivity (Wildman–Crippen MR) is 95.1 cm³/mol. The maximum Gasteiger partial charge on any atom is 0.313 e. The molecule has 0 bridgehead atoms. The van der Waals surface area contributed by atoms with Gasteiger partial charge in [0.05, 0.1) is 26.5 Å². The highest BCUT2D eigenvalue weighted by Crippen LogP contribution is 2.29. The summed E-state index contributed by atoms with van der Waals surface area (Å²) in [6, 6.07) is 8.41. The first kappa shape index (κ1) is 18.8. The van der Waals surface area contributed by atoms with Crippen molar-refractivity contribution in [2.24, 2.45) is 0 Å². The third-order valence-corrected chi connectivity index (χ3v) is 4.63. The molecule has 1 heterocycles. The molecule has 0 fully saturated rings. The number of benzene rings is 1. The van der Waals surface area contributed by atoms with Crippen molar-refractivity contribution in [3.05, 3.63) is 40.6 Å². The molecule has 1 aromatic heterocycles. The smallest absolute Gasteiger partial charge is 0.313 e. The molecule has 2 aromatic rings. The van der Waals surface area contributed by atoms with Crippen molar-refractivity contribution >= 4 is 28.8 Å². The number of anilines is 1. The van der Waals surface area contributed by atoms with Crippen molar-refractivity contribution in [3.8, 4) is 11.5 Å². The predicted octanol–water partition coefficient (Wildman–Crippen LogP) is 1.73. The van der Waals surface area contributed by atoms with Crippen molar-refractivity contribution in [3.63, 3.8) is 0 Å². The zero-order valence-corrected chi connectivity index (χ0v) is 15.0. The average Bonchev–Trinajstić information content (AvgIpc) is 3.15. The summed E-state index contributed by atoms with van der Waals surface area (Å²) in [7, 11) is 2.95. The molecule has 25 heavy (non-hydrogen) atoms. The normalized spacial score (nSPS) is 12.8. The number of carbonyl (C=O) groups excluding carboxylic acids is 2. The molecule has 0 saturated heterocycles. The minimum atomic E-state index is -1.25. The molecule has 0 saturated carbocycles. The lowest BCUT2D eigenvalue weighted by Gasteiger charge is -2.22. The number of hydrogen-bond donors (Lipinski definition) is 3. The van der Waals surface area contributed by atoms with E-state index in [0.29, 0.717) is 22.1 Å². The van der Waals surface area contributed by atoms with Crippen LogP contribution in [0.2, 0.25) is 0 Å². The van der Waals surface area contributed by atoms with E-state index in [-0.39, 0.29) is 6.54 Å². The third kappa shape index (κ3) is 4.71. The van der Waals surface area contributed by atoms with E-state index >= 15 is 0 Å². The number of amides is 2. The summed E-state index contributed by atoms with van der Waals surface area (Å²) >= 11 is 1.37. The molecule has 2 rings (SSSR count). The number of nitrogens with one attached hydrogen (secondary N) is 2. The number of thiophene rings is 1. The van der Waals surface area contributed by atoms with Crippen molar-refractivity contribution in [1.82, 2.24) is 5.32 Å². The van der Waals surface area contributed by atoms with Crippen molar-refractivity contribution < 1.29 is 24.2 Å². The van der Waals surface area contributed by atoms with Gasteiger partial charge in [-0.25, -0.2) is 0 Å². The minimum Gasteiger partial charge on any atom is -0.497 e. The molecule has 0 radical (unpaired) electrons. The van der Waals surface area contributed by atoms with E-state index in [1.165, 1.54) is 25.6 Å². The Morgan fingerprint density at radius 3 is 2.56 bits per heavy atom. The second kappa shape index (κ2) is 8.00. The summed E-state index contributed by atoms with van der Waals surface area (Å²) in [6.07, 6.45) is 0. The number of hydrogen-bond acceptors (Lipinski definition) is 6. The highest BCUT2D eigenvalue weighted by molar-refractivity contribution is 7.10. The van der Waals surface area contributed by atoms with Gasteiger partial charge in [-0.2, -0.15) is 0 Å². The van der Waals surface area contributed by atoms with Gasteiger partial charge in [0.15, 0.2) is 0 Å². The third-order valence-electron chi connectivity index (χ3n) is 3.51. The Balaban J connectivity index is 2.00. The molecule has 1 unspecified atom stereocenters. The van der Waals surface area contributed by atoms with Gasteiger partial charge in [0.2, 0.25) is 0 Å². The van der Waals surface area contributed by atoms with E-state index in [9.17, 15) is 14.7 Å². The first-order chi connectivity index (χ1) is 11.9. The second-order valence-corrected chi connectivity index (χ2v) is 6.40. The van der Waals surface area contributed by atoms with Crippen LogP contribution >= 0.6 is 11.3 Å². The minimum absolute atomic E-state index is 0.0883. The van der Waals surface area contributed by atoms with Crippen LogP contribution in [0, 0.1) is 0 Å². The van der Waals surface area contributed by atoms with Crippen LogP contribution in [-0.4, -0.2) is 37.7 Å². The molecule has 0 spiro atoms. The van der Waals surface area contributed by atoms with Gasteiger partial charge in [-0.05, 0) is 30.5 Å². The zero-order valence-electron chi connectivity index (χ0n) is 14.2. The largest absolute Gasteiger partial charge is 0.497 e. The maximum atomic E-state index is 12.1. The fraction of sp³-hybridized carbons (Fsp3) is 0.294. The summed E-state index contributed by atoms with van der Waals surface area (Å²) in [5.74, 6) is -0.820. The van der Waals surface area contributed by atoms with E-state index in [2.05, 4.69) is 10.6 Å². The van der Waals surface area contributed by atoms with Gasteiger partial charge in [-0.3, -0.25) is 9.59 Å². The molecule has 8 heteroatoms. The summed E-state index contributed by atoms with van der Waals surface area (Å²) < 4.78 is 10.2. The van der Waals surface area contributed by atoms with Crippen LogP contribution in [0.3, 0.4) is 0 Å². The van der Waals surface area contributed by atoms with Gasteiger partial charge in [0.25, 0.3) is 0 Å². The zero-order chi connectivity index (χ0) is 18.4. The van der Waals surface area contributed by atoms with Crippen molar-refractivity contribution in [2.75, 3.05) is 26.1 Å². The number of carbonyl (C=O) groups is 2. The van der Waals surface area contributed by atoms with Crippen LogP contribution in [0.25, 0.3) is 0 Å². The highest BCUT2D eigenvalue weighted by atomic mass is 32.1. The quantitative estimate of drug-likeness (QED) is 0.678. The molecule has 134 valence electrons. The summed E-state index contributed by atoms with van der Waals surface area (Å²) in [4.78, 5) is 24.8. The van der Waals surface area contributed by atoms with E-state index in [0.717, 1.165) is 0 Å². The fourth-order valence-electron chi connectivity index (χ4n) is 2.10. The van der Waals surface area contributed by atoms with Crippen LogP contribution in [0.5, 0.6) is 11.5 Å². The SMILES string of the molecule is COc1ccc(OC)c(NC(=O)C(=O)NCC(C)(O)c2cccs2)c1. The summed E-state index contributed by atoms with van der Waals surface area (Å²) in [6.45, 7) is 1.48. The van der Waals surface area contributed by atoms with Gasteiger partial charge < -0.3 is 25.2 Å². The average molecular weight is 364 g/mol. The molecule has 0 aliphatic heterocycles. The molecule has 1 atom stereocenters. The molecule has 0 aliphatic carbocycles. The monoisotopic (exact) mass is 364 g/mol. The van der Waals surface area contributed by atoms with E-state index in [4.69, 9.17) is 9.47 Å². The molecule has 7 nitrogen and oxygen atoms in total. The van der Waals surface area contributed by atoms with Crippen LogP contribution < -0.4 is 20.1 Å². The molecule has 2 amide bonds. The van der Waals surface area contributed by atoms with Gasteiger partial charge in [-0.15, -0.1) is 11.3 Å². The Bertz CT molecular complexity index is 744. The van der Waals surface area contributed by atoms with E-state index in [1.54, 1.807) is 37.3 Å². The number of rotatable bonds is 6. The molecular formula is C17H20N2O5S. The van der Waals surface area contributed by atoms with Crippen LogP contribution in [-0.2, 0) is 15.2 Å². The molecule has 3 N–H and O–H groups in total. The van der Waals surface area contributed by atoms with Gasteiger partial charge in [-0.1, -0.05) is 6.07 Å². The standard InChI is InChI=1S/C17H20N2O5S/c1-17(22,14-5-4-8-25-14)10-18-15(20)16(21)19-12-9-11(23-2)6-7-13(12)24-3/h4-9,22H,10H2,1-3H3,(H,18,20)(H,19,21). The Hall–Kier alpha value is -2.58.